The minimum atomic E-state index is -2.44. The van der Waals surface area contributed by atoms with Gasteiger partial charge in [0.2, 0.25) is 5.95 Å². The minimum Gasteiger partial charge on any atom is -0.390 e. The van der Waals surface area contributed by atoms with Crippen LogP contribution in [-0.4, -0.2) is 27.0 Å². The Hall–Kier alpha value is -1.30. The molecule has 1 aromatic rings. The van der Waals surface area contributed by atoms with E-state index in [2.05, 4.69) is 15.3 Å². The van der Waals surface area contributed by atoms with Crippen molar-refractivity contribution < 1.29 is 13.9 Å². The third kappa shape index (κ3) is 2.29. The number of nitrogens with zero attached hydrogens (tertiary/aromatic N) is 2. The molecule has 2 aliphatic rings. The Morgan fingerprint density at radius 3 is 2.63 bits per heavy atom. The lowest BCUT2D eigenvalue weighted by molar-refractivity contribution is 0.0467. The van der Waals surface area contributed by atoms with E-state index >= 15 is 0 Å². The van der Waals surface area contributed by atoms with Crippen molar-refractivity contribution >= 4 is 5.95 Å². The van der Waals surface area contributed by atoms with Crippen molar-refractivity contribution in [3.05, 3.63) is 18.0 Å². The van der Waals surface area contributed by atoms with Gasteiger partial charge in [-0.2, -0.15) is 0 Å². The SMILES string of the molecule is OCc1ccnc(NC2CCC3(CC2)CC3(F)F)n1. The van der Waals surface area contributed by atoms with Gasteiger partial charge in [-0.3, -0.25) is 0 Å². The van der Waals surface area contributed by atoms with Gasteiger partial charge in [-0.25, -0.2) is 18.7 Å². The van der Waals surface area contributed by atoms with Gasteiger partial charge < -0.3 is 10.4 Å². The molecule has 1 heterocycles. The van der Waals surface area contributed by atoms with Crippen molar-refractivity contribution in [3.8, 4) is 0 Å². The largest absolute Gasteiger partial charge is 0.390 e. The third-order valence-electron chi connectivity index (χ3n) is 4.36. The first kappa shape index (κ1) is 12.7. The van der Waals surface area contributed by atoms with Crippen LogP contribution in [0.5, 0.6) is 0 Å². The van der Waals surface area contributed by atoms with Gasteiger partial charge in [0, 0.05) is 24.1 Å². The van der Waals surface area contributed by atoms with E-state index in [-0.39, 0.29) is 19.1 Å². The number of hydrogen-bond donors (Lipinski definition) is 2. The van der Waals surface area contributed by atoms with Crippen molar-refractivity contribution in [2.75, 3.05) is 5.32 Å². The van der Waals surface area contributed by atoms with Crippen molar-refractivity contribution in [1.29, 1.82) is 0 Å². The highest BCUT2D eigenvalue weighted by Crippen LogP contribution is 2.67. The summed E-state index contributed by atoms with van der Waals surface area (Å²) < 4.78 is 26.5. The molecule has 104 valence electrons. The zero-order valence-electron chi connectivity index (χ0n) is 10.6. The van der Waals surface area contributed by atoms with Crippen LogP contribution in [0.2, 0.25) is 0 Å². The van der Waals surface area contributed by atoms with Crippen molar-refractivity contribution in [1.82, 2.24) is 9.97 Å². The zero-order chi connectivity index (χ0) is 13.5. The van der Waals surface area contributed by atoms with Gasteiger partial charge in [0.05, 0.1) is 12.3 Å². The molecule has 0 aromatic carbocycles. The summed E-state index contributed by atoms with van der Waals surface area (Å²) in [6.07, 6.45) is 4.22. The second kappa shape index (κ2) is 4.37. The Morgan fingerprint density at radius 1 is 1.37 bits per heavy atom. The van der Waals surface area contributed by atoms with E-state index in [4.69, 9.17) is 5.11 Å². The summed E-state index contributed by atoms with van der Waals surface area (Å²) >= 11 is 0. The first-order valence-corrected chi connectivity index (χ1v) is 6.62. The molecule has 19 heavy (non-hydrogen) atoms. The van der Waals surface area contributed by atoms with E-state index in [0.29, 0.717) is 24.5 Å². The molecule has 0 unspecified atom stereocenters. The van der Waals surface area contributed by atoms with E-state index in [9.17, 15) is 8.78 Å². The van der Waals surface area contributed by atoms with Crippen LogP contribution >= 0.6 is 0 Å². The number of rotatable bonds is 3. The predicted octanol–water partition coefficient (Wildman–Crippen LogP) is 2.35. The maximum atomic E-state index is 13.3. The molecule has 6 heteroatoms. The Bertz CT molecular complexity index is 473. The smallest absolute Gasteiger partial charge is 0.254 e. The highest BCUT2D eigenvalue weighted by Gasteiger charge is 2.70. The molecule has 4 nitrogen and oxygen atoms in total. The molecule has 0 aliphatic heterocycles. The quantitative estimate of drug-likeness (QED) is 0.884. The second-order valence-corrected chi connectivity index (χ2v) is 5.61. The Balaban J connectivity index is 1.58. The third-order valence-corrected chi connectivity index (χ3v) is 4.36. The lowest BCUT2D eigenvalue weighted by Crippen LogP contribution is -2.29. The topological polar surface area (TPSA) is 58.0 Å². The molecular weight excluding hydrogens is 252 g/mol. The number of nitrogens with one attached hydrogen (secondary N) is 1. The first-order valence-electron chi connectivity index (χ1n) is 6.62. The van der Waals surface area contributed by atoms with Gasteiger partial charge in [0.25, 0.3) is 5.92 Å². The minimum absolute atomic E-state index is 0.0587. The summed E-state index contributed by atoms with van der Waals surface area (Å²) in [7, 11) is 0. The number of hydrogen-bond acceptors (Lipinski definition) is 4. The first-order chi connectivity index (χ1) is 9.05. The van der Waals surface area contributed by atoms with Gasteiger partial charge >= 0.3 is 0 Å². The number of alkyl halides is 2. The molecule has 0 amide bonds. The van der Waals surface area contributed by atoms with Crippen molar-refractivity contribution in [3.63, 3.8) is 0 Å². The van der Waals surface area contributed by atoms with Gasteiger partial charge in [-0.05, 0) is 31.7 Å². The average molecular weight is 269 g/mol. The van der Waals surface area contributed by atoms with E-state index in [1.807, 2.05) is 0 Å². The van der Waals surface area contributed by atoms with Crippen LogP contribution in [0.25, 0.3) is 0 Å². The Morgan fingerprint density at radius 2 is 2.05 bits per heavy atom. The summed E-state index contributed by atoms with van der Waals surface area (Å²) in [6.45, 7) is -0.128. The van der Waals surface area contributed by atoms with Crippen molar-refractivity contribution in [2.24, 2.45) is 5.41 Å². The van der Waals surface area contributed by atoms with Crippen LogP contribution in [0.4, 0.5) is 14.7 Å². The molecule has 1 spiro atoms. The van der Waals surface area contributed by atoms with Gasteiger partial charge in [-0.15, -0.1) is 0 Å². The number of aromatic nitrogens is 2. The van der Waals surface area contributed by atoms with E-state index in [1.54, 1.807) is 12.3 Å². The van der Waals surface area contributed by atoms with Crippen LogP contribution in [0.3, 0.4) is 0 Å². The molecule has 2 N–H and O–H groups in total. The molecule has 0 bridgehead atoms. The summed E-state index contributed by atoms with van der Waals surface area (Å²) in [5.74, 6) is -1.97. The fourth-order valence-electron chi connectivity index (χ4n) is 2.97. The van der Waals surface area contributed by atoms with Crippen LogP contribution in [0.1, 0.15) is 37.8 Å². The predicted molar refractivity (Wildman–Crippen MR) is 65.8 cm³/mol. The van der Waals surface area contributed by atoms with Crippen LogP contribution < -0.4 is 5.32 Å². The molecule has 1 aromatic heterocycles. The van der Waals surface area contributed by atoms with Crippen molar-refractivity contribution in [2.45, 2.75) is 50.7 Å². The number of anilines is 1. The van der Waals surface area contributed by atoms with Crippen LogP contribution in [0.15, 0.2) is 12.3 Å². The van der Waals surface area contributed by atoms with E-state index in [0.717, 1.165) is 12.8 Å². The maximum Gasteiger partial charge on any atom is 0.254 e. The molecule has 2 saturated carbocycles. The summed E-state index contributed by atoms with van der Waals surface area (Å²) in [5, 5.41) is 12.2. The number of halogens is 2. The molecule has 3 rings (SSSR count). The fraction of sp³-hybridized carbons (Fsp3) is 0.692. The summed E-state index contributed by atoms with van der Waals surface area (Å²) in [5.41, 5.74) is -0.155. The molecule has 0 radical (unpaired) electrons. The highest BCUT2D eigenvalue weighted by atomic mass is 19.3. The zero-order valence-corrected chi connectivity index (χ0v) is 10.6. The normalized spacial score (nSPS) is 32.3. The standard InChI is InChI=1S/C13H17F2N3O/c14-13(15)8-12(13)4-1-9(2-5-12)17-11-16-6-3-10(7-19)18-11/h3,6,9,19H,1-2,4-5,7-8H2,(H,16,17,18). The number of aliphatic hydroxyl groups excluding tert-OH is 1. The fourth-order valence-corrected chi connectivity index (χ4v) is 2.97. The highest BCUT2D eigenvalue weighted by molar-refractivity contribution is 5.27. The lowest BCUT2D eigenvalue weighted by atomic mass is 9.83. The molecule has 2 fully saturated rings. The Kier molecular flexibility index (Phi) is 2.92. The summed E-state index contributed by atoms with van der Waals surface area (Å²) in [6, 6.07) is 1.79. The van der Waals surface area contributed by atoms with Gasteiger partial charge in [-0.1, -0.05) is 0 Å². The van der Waals surface area contributed by atoms with E-state index in [1.165, 1.54) is 0 Å². The molecular formula is C13H17F2N3O. The Labute approximate surface area is 110 Å². The van der Waals surface area contributed by atoms with Crippen LogP contribution in [0, 0.1) is 5.41 Å². The van der Waals surface area contributed by atoms with Crippen LogP contribution in [-0.2, 0) is 6.61 Å². The maximum absolute atomic E-state index is 13.3. The summed E-state index contributed by atoms with van der Waals surface area (Å²) in [4.78, 5) is 8.23. The average Bonchev–Trinajstić information content (AvgIpc) is 2.94. The monoisotopic (exact) mass is 269 g/mol. The lowest BCUT2D eigenvalue weighted by Gasteiger charge is -2.29. The van der Waals surface area contributed by atoms with Gasteiger partial charge in [0.15, 0.2) is 0 Å². The molecule has 2 aliphatic carbocycles. The molecule has 0 atom stereocenters. The van der Waals surface area contributed by atoms with Gasteiger partial charge in [0.1, 0.15) is 0 Å². The number of aliphatic hydroxyl groups is 1. The van der Waals surface area contributed by atoms with E-state index < -0.39 is 11.3 Å². The molecule has 0 saturated heterocycles. The second-order valence-electron chi connectivity index (χ2n) is 5.61.